The molecule has 36 heavy (non-hydrogen) atoms. The van der Waals surface area contributed by atoms with Crippen molar-refractivity contribution in [3.05, 3.63) is 58.9 Å². The number of nitrogens with zero attached hydrogens (tertiary/aromatic N) is 2. The number of ether oxygens (including phenoxy) is 1. The Labute approximate surface area is 217 Å². The Morgan fingerprint density at radius 3 is 2.28 bits per heavy atom. The van der Waals surface area contributed by atoms with Gasteiger partial charge in [0.1, 0.15) is 24.2 Å². The van der Waals surface area contributed by atoms with Crippen LogP contribution in [0.2, 0.25) is 5.02 Å². The van der Waals surface area contributed by atoms with E-state index in [4.69, 9.17) is 16.3 Å². The maximum atomic E-state index is 13.7. The van der Waals surface area contributed by atoms with E-state index in [1.54, 1.807) is 13.0 Å². The highest BCUT2D eigenvalue weighted by atomic mass is 35.5. The molecule has 0 bridgehead atoms. The lowest BCUT2D eigenvalue weighted by Gasteiger charge is -2.33. The number of carbonyl (C=O) groups excluding carboxylic acids is 2. The SMILES string of the molecule is CC[C@H](C)NC(=O)[C@H](CC)N(Cc1ccc(F)cc1)C(=O)CN(c1cc(Cl)ccc1OC)S(C)(=O)=O. The van der Waals surface area contributed by atoms with Crippen molar-refractivity contribution in [1.82, 2.24) is 10.2 Å². The van der Waals surface area contributed by atoms with Crippen molar-refractivity contribution in [3.8, 4) is 5.75 Å². The van der Waals surface area contributed by atoms with E-state index in [1.165, 1.54) is 48.4 Å². The average molecular weight is 542 g/mol. The van der Waals surface area contributed by atoms with Crippen molar-refractivity contribution in [2.45, 2.75) is 52.2 Å². The van der Waals surface area contributed by atoms with Crippen LogP contribution in [-0.4, -0.2) is 57.1 Å². The summed E-state index contributed by atoms with van der Waals surface area (Å²) in [6.45, 7) is 4.93. The van der Waals surface area contributed by atoms with E-state index in [9.17, 15) is 22.4 Å². The van der Waals surface area contributed by atoms with Gasteiger partial charge >= 0.3 is 0 Å². The normalized spacial score (nSPS) is 13.0. The number of amides is 2. The van der Waals surface area contributed by atoms with Gasteiger partial charge in [0.05, 0.1) is 19.1 Å². The molecule has 2 amide bonds. The lowest BCUT2D eigenvalue weighted by atomic mass is 10.1. The first-order valence-corrected chi connectivity index (χ1v) is 13.8. The molecule has 198 valence electrons. The monoisotopic (exact) mass is 541 g/mol. The van der Waals surface area contributed by atoms with Crippen molar-refractivity contribution in [2.24, 2.45) is 0 Å². The molecule has 2 aromatic carbocycles. The Kier molecular flexibility index (Phi) is 10.5. The Morgan fingerprint density at radius 2 is 1.75 bits per heavy atom. The molecule has 0 aliphatic heterocycles. The second-order valence-electron chi connectivity index (χ2n) is 8.48. The number of sulfonamides is 1. The van der Waals surface area contributed by atoms with E-state index < -0.39 is 34.3 Å². The molecule has 0 fully saturated rings. The fourth-order valence-electron chi connectivity index (χ4n) is 3.60. The molecule has 0 radical (unpaired) electrons. The Balaban J connectivity index is 2.50. The van der Waals surface area contributed by atoms with Crippen molar-refractivity contribution >= 4 is 39.1 Å². The van der Waals surface area contributed by atoms with Crippen LogP contribution in [0.15, 0.2) is 42.5 Å². The van der Waals surface area contributed by atoms with Gasteiger partial charge in [-0.25, -0.2) is 12.8 Å². The maximum Gasteiger partial charge on any atom is 0.244 e. The van der Waals surface area contributed by atoms with Gasteiger partial charge in [0.2, 0.25) is 21.8 Å². The lowest BCUT2D eigenvalue weighted by Crippen LogP contribution is -2.53. The third kappa shape index (κ3) is 7.83. The van der Waals surface area contributed by atoms with Crippen LogP contribution in [0.25, 0.3) is 0 Å². The zero-order valence-corrected chi connectivity index (χ0v) is 22.7. The number of carbonyl (C=O) groups is 2. The molecule has 0 aromatic heterocycles. The van der Waals surface area contributed by atoms with Crippen molar-refractivity contribution < 1.29 is 27.1 Å². The number of halogens is 2. The fraction of sp³-hybridized carbons (Fsp3) is 0.440. The third-order valence-corrected chi connectivity index (χ3v) is 7.10. The van der Waals surface area contributed by atoms with E-state index >= 15 is 0 Å². The largest absolute Gasteiger partial charge is 0.495 e. The van der Waals surface area contributed by atoms with Crippen LogP contribution in [0.4, 0.5) is 10.1 Å². The Bertz CT molecular complexity index is 1160. The molecule has 8 nitrogen and oxygen atoms in total. The average Bonchev–Trinajstić information content (AvgIpc) is 2.82. The summed E-state index contributed by atoms with van der Waals surface area (Å²) in [5.74, 6) is -1.19. The fourth-order valence-corrected chi connectivity index (χ4v) is 4.61. The molecule has 1 N–H and O–H groups in total. The molecule has 0 aliphatic carbocycles. The molecular formula is C25H33ClFN3O5S. The van der Waals surface area contributed by atoms with E-state index in [1.807, 2.05) is 13.8 Å². The summed E-state index contributed by atoms with van der Waals surface area (Å²) >= 11 is 6.11. The van der Waals surface area contributed by atoms with E-state index in [0.717, 1.165) is 10.6 Å². The molecule has 2 atom stereocenters. The van der Waals surface area contributed by atoms with Gasteiger partial charge < -0.3 is 15.0 Å². The number of hydrogen-bond acceptors (Lipinski definition) is 5. The second kappa shape index (κ2) is 12.9. The van der Waals surface area contributed by atoms with Gasteiger partial charge in [-0.15, -0.1) is 0 Å². The first-order valence-electron chi connectivity index (χ1n) is 11.6. The Hall–Kier alpha value is -2.85. The maximum absolute atomic E-state index is 13.7. The van der Waals surface area contributed by atoms with Gasteiger partial charge in [-0.3, -0.25) is 13.9 Å². The third-order valence-electron chi connectivity index (χ3n) is 5.74. The first kappa shape index (κ1) is 29.4. The summed E-state index contributed by atoms with van der Waals surface area (Å²) in [6, 6.07) is 9.01. The van der Waals surface area contributed by atoms with Gasteiger partial charge in [0.15, 0.2) is 0 Å². The molecule has 0 heterocycles. The highest BCUT2D eigenvalue weighted by molar-refractivity contribution is 7.92. The molecule has 0 aliphatic rings. The standard InChI is InChI=1S/C25H33ClFN3O5S/c1-6-17(3)28-25(32)21(7-2)29(15-18-8-11-20(27)12-9-18)24(31)16-30(36(5,33)34)22-14-19(26)10-13-23(22)35-4/h8-14,17,21H,6-7,15-16H2,1-5H3,(H,28,32)/t17-,21-/m0/s1. The molecule has 0 spiro atoms. The molecular weight excluding hydrogens is 509 g/mol. The highest BCUT2D eigenvalue weighted by Crippen LogP contribution is 2.33. The summed E-state index contributed by atoms with van der Waals surface area (Å²) in [4.78, 5) is 28.1. The van der Waals surface area contributed by atoms with E-state index in [0.29, 0.717) is 12.0 Å². The minimum atomic E-state index is -3.95. The van der Waals surface area contributed by atoms with Crippen LogP contribution in [-0.2, 0) is 26.2 Å². The second-order valence-corrected chi connectivity index (χ2v) is 10.8. The quantitative estimate of drug-likeness (QED) is 0.438. The van der Waals surface area contributed by atoms with Crippen LogP contribution < -0.4 is 14.4 Å². The van der Waals surface area contributed by atoms with Gasteiger partial charge in [-0.2, -0.15) is 0 Å². The van der Waals surface area contributed by atoms with Crippen molar-refractivity contribution in [1.29, 1.82) is 0 Å². The van der Waals surface area contributed by atoms with Crippen LogP contribution in [0.5, 0.6) is 5.75 Å². The van der Waals surface area contributed by atoms with Crippen LogP contribution >= 0.6 is 11.6 Å². The van der Waals surface area contributed by atoms with Gasteiger partial charge in [-0.05, 0) is 55.7 Å². The Morgan fingerprint density at radius 1 is 1.11 bits per heavy atom. The lowest BCUT2D eigenvalue weighted by molar-refractivity contribution is -0.140. The molecule has 11 heteroatoms. The summed E-state index contributed by atoms with van der Waals surface area (Å²) in [6.07, 6.45) is 1.96. The van der Waals surface area contributed by atoms with Gasteiger partial charge in [-0.1, -0.05) is 37.6 Å². The van der Waals surface area contributed by atoms with Crippen LogP contribution in [0.3, 0.4) is 0 Å². The smallest absolute Gasteiger partial charge is 0.244 e. The zero-order chi connectivity index (χ0) is 27.0. The zero-order valence-electron chi connectivity index (χ0n) is 21.1. The minimum Gasteiger partial charge on any atom is -0.495 e. The summed E-state index contributed by atoms with van der Waals surface area (Å²) in [5, 5.41) is 3.15. The van der Waals surface area contributed by atoms with Gasteiger partial charge in [0.25, 0.3) is 0 Å². The number of benzene rings is 2. The van der Waals surface area contributed by atoms with E-state index in [-0.39, 0.29) is 41.4 Å². The van der Waals surface area contributed by atoms with Gasteiger partial charge in [0, 0.05) is 17.6 Å². The predicted octanol–water partition coefficient (Wildman–Crippen LogP) is 3.98. The molecule has 0 unspecified atom stereocenters. The van der Waals surface area contributed by atoms with Crippen molar-refractivity contribution in [3.63, 3.8) is 0 Å². The first-order chi connectivity index (χ1) is 16.9. The molecule has 2 aromatic rings. The summed E-state index contributed by atoms with van der Waals surface area (Å²) in [5.41, 5.74) is 0.686. The highest BCUT2D eigenvalue weighted by Gasteiger charge is 2.33. The number of anilines is 1. The molecule has 0 saturated carbocycles. The molecule has 2 rings (SSSR count). The van der Waals surface area contributed by atoms with E-state index in [2.05, 4.69) is 5.32 Å². The van der Waals surface area contributed by atoms with Crippen LogP contribution in [0, 0.1) is 5.82 Å². The van der Waals surface area contributed by atoms with Crippen molar-refractivity contribution in [2.75, 3.05) is 24.2 Å². The number of nitrogens with one attached hydrogen (secondary N) is 1. The molecule has 0 saturated heterocycles. The number of hydrogen-bond donors (Lipinski definition) is 1. The number of methoxy groups -OCH3 is 1. The minimum absolute atomic E-state index is 0.0180. The predicted molar refractivity (Wildman–Crippen MR) is 139 cm³/mol. The summed E-state index contributed by atoms with van der Waals surface area (Å²) in [7, 11) is -2.58. The topological polar surface area (TPSA) is 96.0 Å². The summed E-state index contributed by atoms with van der Waals surface area (Å²) < 4.78 is 45.2. The number of rotatable bonds is 12. The van der Waals surface area contributed by atoms with Crippen LogP contribution in [0.1, 0.15) is 39.2 Å².